The number of unbranched alkanes of at least 4 members (excludes halogenated alkanes) is 1. The fourth-order valence-corrected chi connectivity index (χ4v) is 3.01. The molecule has 0 spiro atoms. The highest BCUT2D eigenvalue weighted by Crippen LogP contribution is 2.15. The summed E-state index contributed by atoms with van der Waals surface area (Å²) in [7, 11) is -3.19. The van der Waals surface area contributed by atoms with E-state index in [0.29, 0.717) is 6.42 Å². The van der Waals surface area contributed by atoms with E-state index < -0.39 is 10.0 Å². The Morgan fingerprint density at radius 1 is 1.19 bits per heavy atom. The van der Waals surface area contributed by atoms with Crippen LogP contribution in [0.4, 0.5) is 0 Å². The molecule has 2 aromatic rings. The molecule has 112 valence electrons. The predicted octanol–water partition coefficient (Wildman–Crippen LogP) is 2.36. The molecule has 6 heteroatoms. The van der Waals surface area contributed by atoms with Crippen molar-refractivity contribution in [3.8, 4) is 11.3 Å². The van der Waals surface area contributed by atoms with E-state index in [9.17, 15) is 8.42 Å². The number of aromatic nitrogens is 2. The van der Waals surface area contributed by atoms with Gasteiger partial charge in [0.05, 0.1) is 11.4 Å². The van der Waals surface area contributed by atoms with Gasteiger partial charge in [-0.05, 0) is 30.2 Å². The third-order valence-corrected chi connectivity index (χ3v) is 4.46. The quantitative estimate of drug-likeness (QED) is 0.852. The summed E-state index contributed by atoms with van der Waals surface area (Å²) in [5, 5.41) is 0. The zero-order valence-electron chi connectivity index (χ0n) is 12.0. The van der Waals surface area contributed by atoms with Crippen molar-refractivity contribution in [1.29, 1.82) is 0 Å². The zero-order valence-corrected chi connectivity index (χ0v) is 12.8. The Balaban J connectivity index is 1.97. The van der Waals surface area contributed by atoms with Crippen LogP contribution in [0.1, 0.15) is 25.3 Å². The largest absolute Gasteiger partial charge is 0.264 e. The highest BCUT2D eigenvalue weighted by Gasteiger charge is 2.09. The van der Waals surface area contributed by atoms with Crippen molar-refractivity contribution in [2.24, 2.45) is 0 Å². The van der Waals surface area contributed by atoms with Gasteiger partial charge in [-0.2, -0.15) is 0 Å². The molecule has 0 aliphatic rings. The molecule has 2 rings (SSSR count). The Hall–Kier alpha value is -1.79. The van der Waals surface area contributed by atoms with Crippen LogP contribution in [0.3, 0.4) is 0 Å². The van der Waals surface area contributed by atoms with Crippen LogP contribution in [0.15, 0.2) is 42.9 Å². The van der Waals surface area contributed by atoms with E-state index in [-0.39, 0.29) is 12.3 Å². The van der Waals surface area contributed by atoms with E-state index in [4.69, 9.17) is 0 Å². The summed E-state index contributed by atoms with van der Waals surface area (Å²) in [5.74, 6) is 0.171. The lowest BCUT2D eigenvalue weighted by molar-refractivity contribution is 0.578. The van der Waals surface area contributed by atoms with E-state index in [1.54, 1.807) is 18.6 Å². The second-order valence-electron chi connectivity index (χ2n) is 4.79. The van der Waals surface area contributed by atoms with Crippen molar-refractivity contribution in [2.75, 3.05) is 5.75 Å². The summed E-state index contributed by atoms with van der Waals surface area (Å²) < 4.78 is 26.0. The maximum Gasteiger partial charge on any atom is 0.211 e. The molecule has 0 unspecified atom stereocenters. The molecule has 0 atom stereocenters. The molecule has 2 heterocycles. The van der Waals surface area contributed by atoms with Crippen molar-refractivity contribution in [1.82, 2.24) is 14.7 Å². The molecule has 0 saturated carbocycles. The molecule has 0 aliphatic heterocycles. The molecule has 2 aromatic heterocycles. The van der Waals surface area contributed by atoms with E-state index in [1.165, 1.54) is 0 Å². The Morgan fingerprint density at radius 2 is 2.05 bits per heavy atom. The molecular formula is C15H19N3O2S. The molecule has 0 saturated heterocycles. The molecule has 5 nitrogen and oxygen atoms in total. The first-order valence-corrected chi connectivity index (χ1v) is 8.58. The number of rotatable bonds is 7. The number of pyridine rings is 2. The van der Waals surface area contributed by atoms with Gasteiger partial charge in [-0.3, -0.25) is 9.97 Å². The van der Waals surface area contributed by atoms with Gasteiger partial charge >= 0.3 is 0 Å². The summed E-state index contributed by atoms with van der Waals surface area (Å²) >= 11 is 0. The van der Waals surface area contributed by atoms with Gasteiger partial charge in [-0.25, -0.2) is 13.1 Å². The zero-order chi connectivity index (χ0) is 15.1. The Bertz CT molecular complexity index is 655. The summed E-state index contributed by atoms with van der Waals surface area (Å²) in [5.41, 5.74) is 2.59. The Kier molecular flexibility index (Phi) is 5.41. The van der Waals surface area contributed by atoms with E-state index in [0.717, 1.165) is 23.2 Å². The van der Waals surface area contributed by atoms with Gasteiger partial charge in [0.15, 0.2) is 0 Å². The minimum absolute atomic E-state index is 0.171. The minimum atomic E-state index is -3.19. The third kappa shape index (κ3) is 4.91. The summed E-state index contributed by atoms with van der Waals surface area (Å²) in [6.45, 7) is 2.24. The maximum atomic E-state index is 11.7. The minimum Gasteiger partial charge on any atom is -0.264 e. The predicted molar refractivity (Wildman–Crippen MR) is 83.0 cm³/mol. The summed E-state index contributed by atoms with van der Waals surface area (Å²) in [6, 6.07) is 7.53. The highest BCUT2D eigenvalue weighted by atomic mass is 32.2. The number of nitrogens with one attached hydrogen (secondary N) is 1. The molecule has 0 radical (unpaired) electrons. The van der Waals surface area contributed by atoms with Crippen LogP contribution < -0.4 is 4.72 Å². The van der Waals surface area contributed by atoms with Crippen molar-refractivity contribution in [3.63, 3.8) is 0 Å². The topological polar surface area (TPSA) is 72.0 Å². The lowest BCUT2D eigenvalue weighted by Crippen LogP contribution is -2.25. The number of sulfonamides is 1. The summed E-state index contributed by atoms with van der Waals surface area (Å²) in [4.78, 5) is 8.39. The molecule has 21 heavy (non-hydrogen) atoms. The number of hydrogen-bond acceptors (Lipinski definition) is 4. The highest BCUT2D eigenvalue weighted by molar-refractivity contribution is 7.89. The molecular weight excluding hydrogens is 286 g/mol. The van der Waals surface area contributed by atoms with Crippen LogP contribution in [-0.4, -0.2) is 24.1 Å². The second-order valence-corrected chi connectivity index (χ2v) is 6.71. The first-order valence-electron chi connectivity index (χ1n) is 6.93. The van der Waals surface area contributed by atoms with E-state index in [2.05, 4.69) is 14.7 Å². The van der Waals surface area contributed by atoms with Gasteiger partial charge in [0, 0.05) is 30.7 Å². The third-order valence-electron chi connectivity index (χ3n) is 3.04. The average Bonchev–Trinajstić information content (AvgIpc) is 2.53. The van der Waals surface area contributed by atoms with Gasteiger partial charge in [0.2, 0.25) is 10.0 Å². The number of nitrogens with zero attached hydrogens (tertiary/aromatic N) is 2. The van der Waals surface area contributed by atoms with E-state index in [1.807, 2.05) is 31.2 Å². The normalized spacial score (nSPS) is 11.5. The van der Waals surface area contributed by atoms with Crippen LogP contribution >= 0.6 is 0 Å². The van der Waals surface area contributed by atoms with Gasteiger partial charge in [-0.1, -0.05) is 19.4 Å². The standard InChI is InChI=1S/C15H19N3O2S/c1-2-3-9-21(19,20)18-11-13-6-7-15(17-10-13)14-5-4-8-16-12-14/h4-8,10,12,18H,2-3,9,11H2,1H3. The summed E-state index contributed by atoms with van der Waals surface area (Å²) in [6.07, 6.45) is 6.68. The average molecular weight is 305 g/mol. The molecule has 0 aromatic carbocycles. The lowest BCUT2D eigenvalue weighted by atomic mass is 10.1. The Labute approximate surface area is 125 Å². The lowest BCUT2D eigenvalue weighted by Gasteiger charge is -2.06. The molecule has 0 fully saturated rings. The molecule has 1 N–H and O–H groups in total. The first-order chi connectivity index (χ1) is 10.1. The van der Waals surface area contributed by atoms with Gasteiger partial charge in [-0.15, -0.1) is 0 Å². The van der Waals surface area contributed by atoms with Crippen LogP contribution in [0.25, 0.3) is 11.3 Å². The van der Waals surface area contributed by atoms with Crippen LogP contribution in [0.5, 0.6) is 0 Å². The van der Waals surface area contributed by atoms with Gasteiger partial charge < -0.3 is 0 Å². The molecule has 0 bridgehead atoms. The van der Waals surface area contributed by atoms with E-state index >= 15 is 0 Å². The maximum absolute atomic E-state index is 11.7. The van der Waals surface area contributed by atoms with Crippen LogP contribution in [-0.2, 0) is 16.6 Å². The van der Waals surface area contributed by atoms with Gasteiger partial charge in [0.1, 0.15) is 0 Å². The molecule has 0 amide bonds. The van der Waals surface area contributed by atoms with Gasteiger partial charge in [0.25, 0.3) is 0 Å². The fraction of sp³-hybridized carbons (Fsp3) is 0.333. The van der Waals surface area contributed by atoms with Crippen molar-refractivity contribution in [2.45, 2.75) is 26.3 Å². The van der Waals surface area contributed by atoms with Crippen molar-refractivity contribution < 1.29 is 8.42 Å². The van der Waals surface area contributed by atoms with Crippen LogP contribution in [0.2, 0.25) is 0 Å². The van der Waals surface area contributed by atoms with Crippen LogP contribution in [0, 0.1) is 0 Å². The number of hydrogen-bond donors (Lipinski definition) is 1. The molecule has 0 aliphatic carbocycles. The first kappa shape index (κ1) is 15.6. The SMILES string of the molecule is CCCCS(=O)(=O)NCc1ccc(-c2cccnc2)nc1. The second kappa shape index (κ2) is 7.28. The smallest absolute Gasteiger partial charge is 0.211 e. The van der Waals surface area contributed by atoms with Crippen molar-refractivity contribution >= 4 is 10.0 Å². The van der Waals surface area contributed by atoms with Crippen molar-refractivity contribution in [3.05, 3.63) is 48.4 Å². The fourth-order valence-electron chi connectivity index (χ4n) is 1.81. The Morgan fingerprint density at radius 3 is 2.67 bits per heavy atom. The monoisotopic (exact) mass is 305 g/mol.